The average Bonchev–Trinajstić information content (AvgIpc) is 2.82. The lowest BCUT2D eigenvalue weighted by atomic mass is 9.94. The third kappa shape index (κ3) is 3.88. The first-order valence-electron chi connectivity index (χ1n) is 8.90. The van der Waals surface area contributed by atoms with Crippen molar-refractivity contribution in [3.05, 3.63) is 93.1 Å². The smallest absolute Gasteiger partial charge is 0.180 e. The van der Waals surface area contributed by atoms with Crippen LogP contribution in [0.25, 0.3) is 22.3 Å². The lowest BCUT2D eigenvalue weighted by molar-refractivity contribution is 0.447. The molecule has 0 aliphatic heterocycles. The quantitative estimate of drug-likeness (QED) is 0.442. The van der Waals surface area contributed by atoms with E-state index in [1.165, 1.54) is 30.3 Å². The highest BCUT2D eigenvalue weighted by molar-refractivity contribution is 5.83. The molecule has 0 unspecified atom stereocenters. The summed E-state index contributed by atoms with van der Waals surface area (Å²) in [6, 6.07) is 14.1. The Bertz CT molecular complexity index is 1550. The zero-order chi connectivity index (χ0) is 24.3. The number of nitrogens with zero attached hydrogens (tertiary/aromatic N) is 4. The number of benzene rings is 3. The Labute approximate surface area is 183 Å². The van der Waals surface area contributed by atoms with Crippen molar-refractivity contribution < 1.29 is 22.0 Å². The van der Waals surface area contributed by atoms with Gasteiger partial charge in [-0.1, -0.05) is 24.3 Å². The van der Waals surface area contributed by atoms with Crippen molar-refractivity contribution >= 4 is 11.1 Å². The van der Waals surface area contributed by atoms with Gasteiger partial charge in [-0.25, -0.2) is 22.0 Å². The standard InChI is InChI=1S/C24H7F5N4/c25-15-4-1-12(2-5-15)17-7-13(14(8-30)9-31)3-6-16(17)18(10-32)20-23(28)21(26)19(11-33)22(27)24(20)29/h1-7H/b18-16+. The second-order valence-corrected chi connectivity index (χ2v) is 6.47. The molecule has 0 aliphatic carbocycles. The highest BCUT2D eigenvalue weighted by Crippen LogP contribution is 2.28. The van der Waals surface area contributed by atoms with Crippen molar-refractivity contribution in [2.24, 2.45) is 0 Å². The maximum Gasteiger partial charge on any atom is 0.180 e. The zero-order valence-electron chi connectivity index (χ0n) is 16.2. The van der Waals surface area contributed by atoms with Gasteiger partial charge in [-0.3, -0.25) is 0 Å². The predicted molar refractivity (Wildman–Crippen MR) is 105 cm³/mol. The van der Waals surface area contributed by atoms with Crippen LogP contribution in [0.3, 0.4) is 0 Å². The molecule has 0 saturated carbocycles. The molecule has 0 saturated heterocycles. The first-order valence-corrected chi connectivity index (χ1v) is 8.90. The number of rotatable bonds is 2. The summed E-state index contributed by atoms with van der Waals surface area (Å²) < 4.78 is 71.2. The Morgan fingerprint density at radius 2 is 1.24 bits per heavy atom. The van der Waals surface area contributed by atoms with Crippen LogP contribution < -0.4 is 10.4 Å². The molecule has 0 radical (unpaired) electrons. The van der Waals surface area contributed by atoms with Gasteiger partial charge in [-0.05, 0) is 29.3 Å². The van der Waals surface area contributed by atoms with E-state index in [4.69, 9.17) is 15.8 Å². The van der Waals surface area contributed by atoms with Gasteiger partial charge in [-0.15, -0.1) is 0 Å². The second-order valence-electron chi connectivity index (χ2n) is 6.47. The fraction of sp³-hybridized carbons (Fsp3) is 0. The minimum atomic E-state index is -1.97. The van der Waals surface area contributed by atoms with E-state index < -0.39 is 45.8 Å². The third-order valence-corrected chi connectivity index (χ3v) is 4.69. The summed E-state index contributed by atoms with van der Waals surface area (Å²) in [6.45, 7) is 0. The molecule has 9 heteroatoms. The van der Waals surface area contributed by atoms with Gasteiger partial charge in [0.25, 0.3) is 0 Å². The molecule has 3 aromatic rings. The van der Waals surface area contributed by atoms with E-state index in [-0.39, 0.29) is 27.1 Å². The number of hydrogen-bond acceptors (Lipinski definition) is 4. The van der Waals surface area contributed by atoms with Gasteiger partial charge in [0.15, 0.2) is 23.3 Å². The Morgan fingerprint density at radius 1 is 0.667 bits per heavy atom. The fourth-order valence-electron chi connectivity index (χ4n) is 3.14. The first-order chi connectivity index (χ1) is 15.8. The average molecular weight is 446 g/mol. The Hall–Kier alpha value is -4.99. The van der Waals surface area contributed by atoms with Gasteiger partial charge in [0, 0.05) is 10.4 Å². The van der Waals surface area contributed by atoms with Crippen molar-refractivity contribution in [1.82, 2.24) is 0 Å². The van der Waals surface area contributed by atoms with Crippen molar-refractivity contribution in [3.8, 4) is 35.4 Å². The van der Waals surface area contributed by atoms with Crippen LogP contribution in [-0.4, -0.2) is 0 Å². The summed E-state index contributed by atoms with van der Waals surface area (Å²) >= 11 is 0. The van der Waals surface area contributed by atoms with Crippen LogP contribution in [0.4, 0.5) is 22.0 Å². The van der Waals surface area contributed by atoms with Crippen molar-refractivity contribution in [2.45, 2.75) is 0 Å². The highest BCUT2D eigenvalue weighted by Gasteiger charge is 2.28. The third-order valence-electron chi connectivity index (χ3n) is 4.69. The van der Waals surface area contributed by atoms with Crippen LogP contribution in [0.5, 0.6) is 0 Å². The van der Waals surface area contributed by atoms with Gasteiger partial charge in [0.2, 0.25) is 0 Å². The fourth-order valence-corrected chi connectivity index (χ4v) is 3.14. The summed E-state index contributed by atoms with van der Waals surface area (Å²) in [4.78, 5) is 0. The van der Waals surface area contributed by atoms with E-state index >= 15 is 0 Å². The molecule has 33 heavy (non-hydrogen) atoms. The molecular formula is C24H7F5N4. The summed E-state index contributed by atoms with van der Waals surface area (Å²) in [7, 11) is 0. The van der Waals surface area contributed by atoms with Gasteiger partial charge in [-0.2, -0.15) is 21.0 Å². The monoisotopic (exact) mass is 446 g/mol. The van der Waals surface area contributed by atoms with E-state index in [0.717, 1.165) is 24.3 Å². The van der Waals surface area contributed by atoms with Gasteiger partial charge < -0.3 is 0 Å². The normalized spacial score (nSPS) is 10.9. The molecule has 158 valence electrons. The molecule has 4 nitrogen and oxygen atoms in total. The Kier molecular flexibility index (Phi) is 6.20. The van der Waals surface area contributed by atoms with Crippen LogP contribution in [-0.2, 0) is 0 Å². The van der Waals surface area contributed by atoms with Crippen LogP contribution in [0.2, 0.25) is 0 Å². The molecular weight excluding hydrogens is 439 g/mol. The lowest BCUT2D eigenvalue weighted by Crippen LogP contribution is -2.18. The summed E-state index contributed by atoms with van der Waals surface area (Å²) in [5.41, 5.74) is -3.73. The maximum atomic E-state index is 14.7. The first kappa shape index (κ1) is 22.7. The SMILES string of the molecule is N#CC(C#N)=c1cc/c(=C(/C#N)c2c(F)c(F)c(C#N)c(F)c2F)c(-c2ccc(F)cc2)c1. The van der Waals surface area contributed by atoms with E-state index in [2.05, 4.69) is 0 Å². The van der Waals surface area contributed by atoms with Crippen LogP contribution in [0.15, 0.2) is 42.5 Å². The maximum absolute atomic E-state index is 14.7. The minimum absolute atomic E-state index is 0.0241. The molecule has 3 rings (SSSR count). The van der Waals surface area contributed by atoms with Crippen LogP contribution >= 0.6 is 0 Å². The predicted octanol–water partition coefficient (Wildman–Crippen LogP) is 3.84. The number of hydrogen-bond donors (Lipinski definition) is 0. The summed E-state index contributed by atoms with van der Waals surface area (Å²) in [6.07, 6.45) is 0. The Morgan fingerprint density at radius 3 is 1.73 bits per heavy atom. The highest BCUT2D eigenvalue weighted by atomic mass is 19.2. The number of nitriles is 4. The van der Waals surface area contributed by atoms with Crippen LogP contribution in [0.1, 0.15) is 11.1 Å². The Balaban J connectivity index is 2.59. The van der Waals surface area contributed by atoms with Crippen molar-refractivity contribution in [2.75, 3.05) is 0 Å². The lowest BCUT2D eigenvalue weighted by Gasteiger charge is -2.10. The van der Waals surface area contributed by atoms with Gasteiger partial charge >= 0.3 is 0 Å². The molecule has 0 aliphatic rings. The molecule has 0 amide bonds. The summed E-state index contributed by atoms with van der Waals surface area (Å²) in [5, 5.41) is 36.6. The molecule has 0 fully saturated rings. The van der Waals surface area contributed by atoms with E-state index in [9.17, 15) is 27.2 Å². The van der Waals surface area contributed by atoms with Gasteiger partial charge in [0.1, 0.15) is 41.2 Å². The molecule has 0 N–H and O–H groups in total. The van der Waals surface area contributed by atoms with Crippen molar-refractivity contribution in [1.29, 1.82) is 21.0 Å². The molecule has 3 aromatic carbocycles. The topological polar surface area (TPSA) is 95.2 Å². The minimum Gasteiger partial charge on any atom is -0.207 e. The molecule has 0 heterocycles. The van der Waals surface area contributed by atoms with E-state index in [1.54, 1.807) is 12.1 Å². The number of halogens is 5. The van der Waals surface area contributed by atoms with E-state index in [1.807, 2.05) is 0 Å². The van der Waals surface area contributed by atoms with E-state index in [0.29, 0.717) is 0 Å². The van der Waals surface area contributed by atoms with Crippen molar-refractivity contribution in [3.63, 3.8) is 0 Å². The molecule has 0 spiro atoms. The largest absolute Gasteiger partial charge is 0.207 e. The molecule has 0 atom stereocenters. The second kappa shape index (κ2) is 9.02. The molecule has 0 aromatic heterocycles. The van der Waals surface area contributed by atoms with Gasteiger partial charge in [0.05, 0.1) is 11.1 Å². The zero-order valence-corrected chi connectivity index (χ0v) is 16.2. The summed E-state index contributed by atoms with van der Waals surface area (Å²) in [5.74, 6) is -8.45. The molecule has 0 bridgehead atoms. The van der Waals surface area contributed by atoms with Crippen LogP contribution in [0, 0.1) is 74.4 Å².